The summed E-state index contributed by atoms with van der Waals surface area (Å²) in [5.74, 6) is -2.48. The lowest BCUT2D eigenvalue weighted by molar-refractivity contribution is 0.566. The van der Waals surface area contributed by atoms with E-state index in [0.717, 1.165) is 16.7 Å². The Bertz CT molecular complexity index is 874. The van der Waals surface area contributed by atoms with Gasteiger partial charge in [-0.1, -0.05) is 17.7 Å². The molecule has 21 heavy (non-hydrogen) atoms. The number of imidazole rings is 1. The molecular weight excluding hydrogens is 303 g/mol. The molecule has 0 amide bonds. The lowest BCUT2D eigenvalue weighted by Gasteiger charge is -2.11. The quantitative estimate of drug-likeness (QED) is 0.738. The van der Waals surface area contributed by atoms with Crippen LogP contribution in [0.4, 0.5) is 19.1 Å². The minimum absolute atomic E-state index is 0.137. The summed E-state index contributed by atoms with van der Waals surface area (Å²) in [5, 5.41) is -0.141. The molecule has 0 aliphatic heterocycles. The molecule has 0 atom stereocenters. The molecule has 0 aliphatic carbocycles. The number of nitrogens with zero attached hydrogens (tertiary/aromatic N) is 2. The maximum atomic E-state index is 14.2. The molecule has 0 bridgehead atoms. The minimum Gasteiger partial charge on any atom is -0.369 e. The van der Waals surface area contributed by atoms with Gasteiger partial charge in [0.05, 0.1) is 16.1 Å². The Morgan fingerprint density at radius 2 is 1.86 bits per heavy atom. The molecule has 1 aromatic heterocycles. The van der Waals surface area contributed by atoms with Crippen molar-refractivity contribution in [2.75, 3.05) is 5.73 Å². The highest BCUT2D eigenvalue weighted by molar-refractivity contribution is 6.31. The molecule has 0 spiro atoms. The number of hydrogen-bond donors (Lipinski definition) is 1. The SMILES string of the molecule is Cc1ccc(F)c(-n2c(N)nc3cc(Cl)c(F)cc32)c1F. The second-order valence-electron chi connectivity index (χ2n) is 4.59. The van der Waals surface area contributed by atoms with Crippen LogP contribution in [0.3, 0.4) is 0 Å². The van der Waals surface area contributed by atoms with Gasteiger partial charge in [0.25, 0.3) is 0 Å². The highest BCUT2D eigenvalue weighted by Crippen LogP contribution is 2.30. The Balaban J connectivity index is 2.43. The summed E-state index contributed by atoms with van der Waals surface area (Å²) in [6.45, 7) is 1.49. The first-order valence-electron chi connectivity index (χ1n) is 5.98. The smallest absolute Gasteiger partial charge is 0.206 e. The van der Waals surface area contributed by atoms with E-state index in [0.29, 0.717) is 0 Å². The predicted octanol–water partition coefficient (Wildman–Crippen LogP) is 3.99. The summed E-state index contributed by atoms with van der Waals surface area (Å²) in [4.78, 5) is 3.96. The number of rotatable bonds is 1. The van der Waals surface area contributed by atoms with E-state index in [1.165, 1.54) is 19.1 Å². The highest BCUT2D eigenvalue weighted by atomic mass is 35.5. The normalized spacial score (nSPS) is 11.3. The fraction of sp³-hybridized carbons (Fsp3) is 0.0714. The van der Waals surface area contributed by atoms with Gasteiger partial charge in [-0.15, -0.1) is 0 Å². The third-order valence-electron chi connectivity index (χ3n) is 3.21. The summed E-state index contributed by atoms with van der Waals surface area (Å²) in [7, 11) is 0. The molecule has 3 aromatic rings. The minimum atomic E-state index is -0.820. The molecule has 0 unspecified atom stereocenters. The third kappa shape index (κ3) is 2.03. The zero-order valence-corrected chi connectivity index (χ0v) is 11.5. The first kappa shape index (κ1) is 13.8. The maximum absolute atomic E-state index is 14.2. The third-order valence-corrected chi connectivity index (χ3v) is 3.50. The molecule has 0 fully saturated rings. The van der Waals surface area contributed by atoms with Gasteiger partial charge in [-0.25, -0.2) is 18.2 Å². The van der Waals surface area contributed by atoms with Crippen LogP contribution < -0.4 is 5.73 Å². The van der Waals surface area contributed by atoms with Gasteiger partial charge in [-0.3, -0.25) is 4.57 Å². The highest BCUT2D eigenvalue weighted by Gasteiger charge is 2.20. The van der Waals surface area contributed by atoms with Crippen LogP contribution in [0.1, 0.15) is 5.56 Å². The Hall–Kier alpha value is -2.21. The van der Waals surface area contributed by atoms with Crippen LogP contribution in [0.25, 0.3) is 16.7 Å². The summed E-state index contributed by atoms with van der Waals surface area (Å²) in [6.07, 6.45) is 0. The number of aryl methyl sites for hydroxylation is 1. The number of aromatic nitrogens is 2. The van der Waals surface area contributed by atoms with Gasteiger partial charge in [0.1, 0.15) is 17.3 Å². The Morgan fingerprint density at radius 1 is 1.14 bits per heavy atom. The summed E-state index contributed by atoms with van der Waals surface area (Å²) >= 11 is 5.67. The van der Waals surface area contributed by atoms with Crippen molar-refractivity contribution in [3.05, 3.63) is 52.3 Å². The van der Waals surface area contributed by atoms with Gasteiger partial charge in [-0.05, 0) is 24.6 Å². The maximum Gasteiger partial charge on any atom is 0.206 e. The molecular formula is C14H9ClF3N3. The van der Waals surface area contributed by atoms with Crippen molar-refractivity contribution in [1.29, 1.82) is 0 Å². The van der Waals surface area contributed by atoms with E-state index in [-0.39, 0.29) is 27.6 Å². The van der Waals surface area contributed by atoms with Crippen molar-refractivity contribution < 1.29 is 13.2 Å². The number of anilines is 1. The summed E-state index contributed by atoms with van der Waals surface area (Å²) in [5.41, 5.74) is 5.96. The van der Waals surface area contributed by atoms with E-state index in [1.54, 1.807) is 0 Å². The van der Waals surface area contributed by atoms with Crippen molar-refractivity contribution in [2.24, 2.45) is 0 Å². The van der Waals surface area contributed by atoms with E-state index in [2.05, 4.69) is 4.98 Å². The van der Waals surface area contributed by atoms with E-state index in [1.807, 2.05) is 0 Å². The van der Waals surface area contributed by atoms with E-state index < -0.39 is 23.1 Å². The number of nitrogens with two attached hydrogens (primary N) is 1. The average Bonchev–Trinajstić information content (AvgIpc) is 2.72. The number of benzene rings is 2. The average molecular weight is 312 g/mol. The summed E-state index contributed by atoms with van der Waals surface area (Å²) < 4.78 is 42.9. The van der Waals surface area contributed by atoms with Gasteiger partial charge in [0.15, 0.2) is 5.82 Å². The van der Waals surface area contributed by atoms with E-state index in [9.17, 15) is 13.2 Å². The zero-order chi connectivity index (χ0) is 15.3. The number of halogens is 4. The van der Waals surface area contributed by atoms with Crippen LogP contribution in [-0.2, 0) is 0 Å². The van der Waals surface area contributed by atoms with Gasteiger partial charge < -0.3 is 5.73 Å². The number of fused-ring (bicyclic) bond motifs is 1. The molecule has 0 aliphatic rings. The molecule has 2 aromatic carbocycles. The molecule has 1 heterocycles. The molecule has 0 saturated carbocycles. The number of hydrogen-bond acceptors (Lipinski definition) is 2. The van der Waals surface area contributed by atoms with Gasteiger partial charge in [0.2, 0.25) is 5.95 Å². The topological polar surface area (TPSA) is 43.8 Å². The summed E-state index contributed by atoms with van der Waals surface area (Å²) in [6, 6.07) is 4.72. The van der Waals surface area contributed by atoms with Gasteiger partial charge in [0, 0.05) is 6.07 Å². The van der Waals surface area contributed by atoms with Crippen molar-refractivity contribution in [2.45, 2.75) is 6.92 Å². The molecule has 3 nitrogen and oxygen atoms in total. The fourth-order valence-electron chi connectivity index (χ4n) is 2.17. The van der Waals surface area contributed by atoms with E-state index in [4.69, 9.17) is 17.3 Å². The van der Waals surface area contributed by atoms with Crippen LogP contribution in [-0.4, -0.2) is 9.55 Å². The Labute approximate surface area is 122 Å². The number of nitrogen functional groups attached to an aromatic ring is 1. The van der Waals surface area contributed by atoms with Crippen LogP contribution in [0.5, 0.6) is 0 Å². The lowest BCUT2D eigenvalue weighted by atomic mass is 10.2. The first-order chi connectivity index (χ1) is 9.90. The van der Waals surface area contributed by atoms with Crippen LogP contribution in [0.15, 0.2) is 24.3 Å². The second-order valence-corrected chi connectivity index (χ2v) is 4.99. The zero-order valence-electron chi connectivity index (χ0n) is 10.8. The lowest BCUT2D eigenvalue weighted by Crippen LogP contribution is -2.07. The van der Waals surface area contributed by atoms with Crippen LogP contribution >= 0.6 is 11.6 Å². The van der Waals surface area contributed by atoms with Crippen LogP contribution in [0.2, 0.25) is 5.02 Å². The molecule has 0 saturated heterocycles. The van der Waals surface area contributed by atoms with Gasteiger partial charge >= 0.3 is 0 Å². The standard InChI is InChI=1S/C14H9ClF3N3/c1-6-2-3-8(16)13(12(6)18)21-11-5-9(17)7(15)4-10(11)20-14(21)19/h2-5H,1H3,(H2,19,20). The molecule has 3 rings (SSSR count). The largest absolute Gasteiger partial charge is 0.369 e. The van der Waals surface area contributed by atoms with Crippen molar-refractivity contribution >= 4 is 28.6 Å². The Morgan fingerprint density at radius 3 is 2.57 bits per heavy atom. The molecule has 2 N–H and O–H groups in total. The second kappa shape index (κ2) is 4.66. The van der Waals surface area contributed by atoms with Gasteiger partial charge in [-0.2, -0.15) is 0 Å². The molecule has 108 valence electrons. The monoisotopic (exact) mass is 311 g/mol. The van der Waals surface area contributed by atoms with Crippen molar-refractivity contribution in [1.82, 2.24) is 9.55 Å². The predicted molar refractivity (Wildman–Crippen MR) is 75.1 cm³/mol. The molecule has 0 radical (unpaired) electrons. The van der Waals surface area contributed by atoms with Crippen molar-refractivity contribution in [3.63, 3.8) is 0 Å². The fourth-order valence-corrected chi connectivity index (χ4v) is 2.33. The molecule has 7 heteroatoms. The van der Waals surface area contributed by atoms with Crippen LogP contribution in [0, 0.1) is 24.4 Å². The van der Waals surface area contributed by atoms with Crippen molar-refractivity contribution in [3.8, 4) is 5.69 Å². The van der Waals surface area contributed by atoms with E-state index >= 15 is 0 Å². The Kier molecular flexibility index (Phi) is 3.06. The first-order valence-corrected chi connectivity index (χ1v) is 6.36.